The van der Waals surface area contributed by atoms with Crippen LogP contribution in [0.3, 0.4) is 0 Å². The maximum Gasteiger partial charge on any atom is 0.298 e. The second-order valence-electron chi connectivity index (χ2n) is 8.80. The Morgan fingerprint density at radius 3 is 1.82 bits per heavy atom. The first-order chi connectivity index (χ1) is 16.0. The molecule has 6 heteroatoms. The van der Waals surface area contributed by atoms with E-state index in [1.807, 2.05) is 32.0 Å². The highest BCUT2D eigenvalue weighted by Crippen LogP contribution is 2.31. The predicted octanol–water partition coefficient (Wildman–Crippen LogP) is 5.41. The minimum absolute atomic E-state index is 0.0681. The van der Waals surface area contributed by atoms with E-state index in [-0.39, 0.29) is 30.1 Å². The van der Waals surface area contributed by atoms with Gasteiger partial charge in [-0.1, -0.05) is 42.5 Å². The van der Waals surface area contributed by atoms with Gasteiger partial charge in [0.2, 0.25) is 0 Å². The van der Waals surface area contributed by atoms with Gasteiger partial charge in [-0.15, -0.1) is 0 Å². The summed E-state index contributed by atoms with van der Waals surface area (Å²) in [5, 5.41) is 9.25. The van der Waals surface area contributed by atoms with Gasteiger partial charge in [-0.2, -0.15) is 8.78 Å². The minimum Gasteiger partial charge on any atom is -0.387 e. The quantitative estimate of drug-likeness (QED) is 0.484. The van der Waals surface area contributed by atoms with Crippen molar-refractivity contribution in [3.05, 3.63) is 100 Å². The lowest BCUT2D eigenvalue weighted by atomic mass is 9.98. The van der Waals surface area contributed by atoms with Crippen molar-refractivity contribution in [3.63, 3.8) is 0 Å². The van der Waals surface area contributed by atoms with E-state index in [0.29, 0.717) is 11.1 Å². The van der Waals surface area contributed by atoms with Gasteiger partial charge in [0.1, 0.15) is 11.9 Å². The van der Waals surface area contributed by atoms with Crippen LogP contribution in [0.25, 0.3) is 0 Å². The number of halogens is 2. The molecule has 1 atom stereocenters. The SMILES string of the molecule is Cc1cc(C)cc(N(C)C(=O)c2ccc(CC(=O)Cc3ccc(C(F)(F)C(C)O)cc3)cc2)c1. The number of rotatable bonds is 8. The second-order valence-corrected chi connectivity index (χ2v) is 8.80. The van der Waals surface area contributed by atoms with Crippen LogP contribution >= 0.6 is 0 Å². The van der Waals surface area contributed by atoms with Crippen LogP contribution in [0.1, 0.15) is 45.1 Å². The van der Waals surface area contributed by atoms with E-state index < -0.39 is 12.0 Å². The van der Waals surface area contributed by atoms with Gasteiger partial charge in [-0.3, -0.25) is 9.59 Å². The fourth-order valence-corrected chi connectivity index (χ4v) is 3.82. The van der Waals surface area contributed by atoms with Gasteiger partial charge >= 0.3 is 0 Å². The highest BCUT2D eigenvalue weighted by molar-refractivity contribution is 6.05. The first-order valence-corrected chi connectivity index (χ1v) is 11.1. The number of carbonyl (C=O) groups is 2. The van der Waals surface area contributed by atoms with Crippen molar-refractivity contribution < 1.29 is 23.5 Å². The maximum absolute atomic E-state index is 13.9. The number of anilines is 1. The lowest BCUT2D eigenvalue weighted by Crippen LogP contribution is -2.27. The van der Waals surface area contributed by atoms with Crippen molar-refractivity contribution in [2.75, 3.05) is 11.9 Å². The highest BCUT2D eigenvalue weighted by Gasteiger charge is 2.37. The Bertz CT molecular complexity index is 1150. The smallest absolute Gasteiger partial charge is 0.298 e. The molecule has 1 unspecified atom stereocenters. The Morgan fingerprint density at radius 1 is 0.882 bits per heavy atom. The van der Waals surface area contributed by atoms with Crippen LogP contribution in [0.5, 0.6) is 0 Å². The number of ketones is 1. The molecule has 0 radical (unpaired) electrons. The van der Waals surface area contributed by atoms with Gasteiger partial charge in [0, 0.05) is 36.7 Å². The number of amides is 1. The topological polar surface area (TPSA) is 57.6 Å². The standard InChI is InChI=1S/C28H29F2NO3/c1-18-13-19(2)15-25(14-18)31(4)27(34)23-9-5-21(6-10-23)16-26(33)17-22-7-11-24(12-8-22)28(29,30)20(3)32/h5-15,20,32H,16-17H2,1-4H3. The number of alkyl halides is 2. The monoisotopic (exact) mass is 465 g/mol. The molecule has 0 saturated heterocycles. The molecule has 1 amide bonds. The van der Waals surface area contributed by atoms with Crippen LogP contribution in [-0.2, 0) is 23.6 Å². The van der Waals surface area contributed by atoms with Crippen LogP contribution in [0.4, 0.5) is 14.5 Å². The summed E-state index contributed by atoms with van der Waals surface area (Å²) in [5.41, 5.74) is 4.60. The largest absolute Gasteiger partial charge is 0.387 e. The fraction of sp³-hybridized carbons (Fsp3) is 0.286. The van der Waals surface area contributed by atoms with Crippen LogP contribution in [-0.4, -0.2) is 29.9 Å². The molecule has 0 aliphatic rings. The Morgan fingerprint density at radius 2 is 1.35 bits per heavy atom. The zero-order valence-corrected chi connectivity index (χ0v) is 19.8. The average molecular weight is 466 g/mol. The third-order valence-corrected chi connectivity index (χ3v) is 5.77. The molecule has 0 heterocycles. The Hall–Kier alpha value is -3.38. The highest BCUT2D eigenvalue weighted by atomic mass is 19.3. The number of aryl methyl sites for hydroxylation is 2. The summed E-state index contributed by atoms with van der Waals surface area (Å²) < 4.78 is 27.8. The average Bonchev–Trinajstić information content (AvgIpc) is 2.78. The Balaban J connectivity index is 1.62. The van der Waals surface area contributed by atoms with Crippen molar-refractivity contribution in [3.8, 4) is 0 Å². The zero-order valence-electron chi connectivity index (χ0n) is 19.8. The number of hydrogen-bond donors (Lipinski definition) is 1. The van der Waals surface area contributed by atoms with Crippen molar-refractivity contribution in [1.82, 2.24) is 0 Å². The second kappa shape index (κ2) is 10.3. The normalized spacial score (nSPS) is 12.3. The number of benzene rings is 3. The van der Waals surface area contributed by atoms with Crippen molar-refractivity contribution >= 4 is 17.4 Å². The lowest BCUT2D eigenvalue weighted by Gasteiger charge is -2.19. The summed E-state index contributed by atoms with van der Waals surface area (Å²) in [6.45, 7) is 5.01. The van der Waals surface area contributed by atoms with Crippen molar-refractivity contribution in [1.29, 1.82) is 0 Å². The number of carbonyl (C=O) groups excluding carboxylic acids is 2. The molecule has 0 aromatic heterocycles. The van der Waals surface area contributed by atoms with E-state index in [1.165, 1.54) is 24.3 Å². The Labute approximate surface area is 198 Å². The molecule has 1 N–H and O–H groups in total. The van der Waals surface area contributed by atoms with Crippen molar-refractivity contribution in [2.24, 2.45) is 0 Å². The molecule has 0 aliphatic carbocycles. The third-order valence-electron chi connectivity index (χ3n) is 5.77. The van der Waals surface area contributed by atoms with Gasteiger partial charge < -0.3 is 10.0 Å². The van der Waals surface area contributed by atoms with E-state index >= 15 is 0 Å². The maximum atomic E-state index is 13.9. The molecule has 34 heavy (non-hydrogen) atoms. The summed E-state index contributed by atoms with van der Waals surface area (Å²) in [4.78, 5) is 27.0. The third kappa shape index (κ3) is 5.94. The minimum atomic E-state index is -3.34. The van der Waals surface area contributed by atoms with Gasteiger partial charge in [0.05, 0.1) is 0 Å². The van der Waals surface area contributed by atoms with Gasteiger partial charge in [0.15, 0.2) is 0 Å². The number of Topliss-reactive ketones (excluding diaryl/α,β-unsaturated/α-hetero) is 1. The van der Waals surface area contributed by atoms with E-state index in [9.17, 15) is 23.5 Å². The number of aliphatic hydroxyl groups excluding tert-OH is 1. The van der Waals surface area contributed by atoms with Crippen LogP contribution < -0.4 is 4.90 Å². The predicted molar refractivity (Wildman–Crippen MR) is 130 cm³/mol. The molecule has 3 rings (SSSR count). The molecule has 3 aromatic carbocycles. The molecule has 4 nitrogen and oxygen atoms in total. The van der Waals surface area contributed by atoms with E-state index in [0.717, 1.165) is 29.3 Å². The molecule has 0 spiro atoms. The first kappa shape index (κ1) is 25.2. The van der Waals surface area contributed by atoms with Gasteiger partial charge in [0.25, 0.3) is 11.8 Å². The summed E-state index contributed by atoms with van der Waals surface area (Å²) in [7, 11) is 1.73. The fourth-order valence-electron chi connectivity index (χ4n) is 3.82. The van der Waals surface area contributed by atoms with Gasteiger partial charge in [-0.25, -0.2) is 0 Å². The van der Waals surface area contributed by atoms with E-state index in [1.54, 1.807) is 36.2 Å². The molecular weight excluding hydrogens is 436 g/mol. The van der Waals surface area contributed by atoms with E-state index in [4.69, 9.17) is 0 Å². The number of aliphatic hydroxyl groups is 1. The van der Waals surface area contributed by atoms with Crippen LogP contribution in [0, 0.1) is 13.8 Å². The zero-order chi connectivity index (χ0) is 25.0. The number of hydrogen-bond acceptors (Lipinski definition) is 3. The molecule has 178 valence electrons. The summed E-state index contributed by atoms with van der Waals surface area (Å²) in [5.74, 6) is -3.55. The molecule has 0 aliphatic heterocycles. The summed E-state index contributed by atoms with van der Waals surface area (Å²) in [6.07, 6.45) is -1.51. The first-order valence-electron chi connectivity index (χ1n) is 11.1. The lowest BCUT2D eigenvalue weighted by molar-refractivity contribution is -0.117. The van der Waals surface area contributed by atoms with Crippen LogP contribution in [0.2, 0.25) is 0 Å². The molecule has 0 bridgehead atoms. The molecule has 0 fully saturated rings. The Kier molecular flexibility index (Phi) is 7.62. The van der Waals surface area contributed by atoms with Gasteiger partial charge in [-0.05, 0) is 67.3 Å². The summed E-state index contributed by atoms with van der Waals surface area (Å²) in [6, 6.07) is 18.3. The van der Waals surface area contributed by atoms with E-state index in [2.05, 4.69) is 0 Å². The molecular formula is C28H29F2NO3. The molecule has 3 aromatic rings. The number of nitrogens with zero attached hydrogens (tertiary/aromatic N) is 1. The molecule has 0 saturated carbocycles. The van der Waals surface area contributed by atoms with Crippen molar-refractivity contribution in [2.45, 2.75) is 45.6 Å². The summed E-state index contributed by atoms with van der Waals surface area (Å²) >= 11 is 0. The van der Waals surface area contributed by atoms with Crippen LogP contribution in [0.15, 0.2) is 66.7 Å².